The molecule has 0 heterocycles. The maximum Gasteiger partial charge on any atom is 0.0995 e. The summed E-state index contributed by atoms with van der Waals surface area (Å²) in [7, 11) is 0. The van der Waals surface area contributed by atoms with Crippen molar-refractivity contribution in [3.05, 3.63) is 70.8 Å². The van der Waals surface area contributed by atoms with E-state index in [2.05, 4.69) is 18.2 Å². The third-order valence-corrected chi connectivity index (χ3v) is 3.17. The van der Waals surface area contributed by atoms with Gasteiger partial charge in [0.15, 0.2) is 0 Å². The van der Waals surface area contributed by atoms with E-state index in [1.807, 2.05) is 18.2 Å². The smallest absolute Gasteiger partial charge is 0.0995 e. The van der Waals surface area contributed by atoms with Gasteiger partial charge in [-0.25, -0.2) is 0 Å². The van der Waals surface area contributed by atoms with Gasteiger partial charge in [-0.15, -0.1) is 0 Å². The molecular formula is C17H11N3. The highest BCUT2D eigenvalue weighted by Crippen LogP contribution is 2.24. The largest absolute Gasteiger partial charge is 0.198 e. The summed E-state index contributed by atoms with van der Waals surface area (Å²) in [5.74, 6) is -0.430. The number of hydrogen-bond acceptors (Lipinski definition) is 3. The average Bonchev–Trinajstić information content (AvgIpc) is 2.53. The molecule has 20 heavy (non-hydrogen) atoms. The van der Waals surface area contributed by atoms with Gasteiger partial charge < -0.3 is 0 Å². The first kappa shape index (κ1) is 13.3. The Morgan fingerprint density at radius 2 is 1.40 bits per heavy atom. The van der Waals surface area contributed by atoms with Gasteiger partial charge in [-0.05, 0) is 29.7 Å². The summed E-state index contributed by atoms with van der Waals surface area (Å²) in [6.07, 6.45) is 0.429. The molecule has 3 heteroatoms. The molecule has 0 bridgehead atoms. The Kier molecular flexibility index (Phi) is 4.13. The lowest BCUT2D eigenvalue weighted by molar-refractivity contribution is 0.843. The highest BCUT2D eigenvalue weighted by atomic mass is 14.3. The van der Waals surface area contributed by atoms with Crippen molar-refractivity contribution >= 4 is 0 Å². The molecule has 0 aliphatic rings. The van der Waals surface area contributed by atoms with Crippen molar-refractivity contribution in [1.29, 1.82) is 15.8 Å². The van der Waals surface area contributed by atoms with E-state index in [1.54, 1.807) is 30.3 Å². The van der Waals surface area contributed by atoms with Crippen LogP contribution in [0.5, 0.6) is 0 Å². The molecule has 0 aliphatic carbocycles. The zero-order valence-corrected chi connectivity index (χ0v) is 10.7. The Morgan fingerprint density at radius 3 is 2.05 bits per heavy atom. The fourth-order valence-corrected chi connectivity index (χ4v) is 2.16. The van der Waals surface area contributed by atoms with Gasteiger partial charge in [0.2, 0.25) is 0 Å². The van der Waals surface area contributed by atoms with Crippen LogP contribution in [-0.2, 0) is 6.42 Å². The molecule has 94 valence electrons. The van der Waals surface area contributed by atoms with Gasteiger partial charge >= 0.3 is 0 Å². The molecule has 3 nitrogen and oxygen atoms in total. The Morgan fingerprint density at radius 1 is 0.800 bits per heavy atom. The molecule has 2 aromatic carbocycles. The molecule has 1 atom stereocenters. The summed E-state index contributed by atoms with van der Waals surface area (Å²) in [4.78, 5) is 0. The van der Waals surface area contributed by atoms with Crippen molar-refractivity contribution in [1.82, 2.24) is 0 Å². The SMILES string of the molecule is N#Cc1ccccc1C[C@@H](C#N)c1ccccc1C#N. The predicted octanol–water partition coefficient (Wildman–Crippen LogP) is 3.28. The van der Waals surface area contributed by atoms with Crippen LogP contribution in [0.2, 0.25) is 0 Å². The summed E-state index contributed by atoms with van der Waals surface area (Å²) in [5.41, 5.74) is 2.62. The van der Waals surface area contributed by atoms with E-state index in [-0.39, 0.29) is 0 Å². The van der Waals surface area contributed by atoms with Crippen LogP contribution in [0.3, 0.4) is 0 Å². The van der Waals surface area contributed by atoms with Crippen LogP contribution in [0.1, 0.15) is 28.2 Å². The fourth-order valence-electron chi connectivity index (χ4n) is 2.16. The van der Waals surface area contributed by atoms with Gasteiger partial charge in [-0.1, -0.05) is 36.4 Å². The zero-order valence-electron chi connectivity index (χ0n) is 10.7. The third-order valence-electron chi connectivity index (χ3n) is 3.17. The molecule has 0 saturated heterocycles. The summed E-state index contributed by atoms with van der Waals surface area (Å²) >= 11 is 0. The van der Waals surface area contributed by atoms with Gasteiger partial charge in [0.25, 0.3) is 0 Å². The molecule has 0 aliphatic heterocycles. The summed E-state index contributed by atoms with van der Waals surface area (Å²) in [5, 5.41) is 27.6. The highest BCUT2D eigenvalue weighted by Gasteiger charge is 2.16. The predicted molar refractivity (Wildman–Crippen MR) is 74.4 cm³/mol. The molecule has 2 rings (SSSR count). The van der Waals surface area contributed by atoms with E-state index >= 15 is 0 Å². The highest BCUT2D eigenvalue weighted by molar-refractivity contribution is 5.45. The zero-order chi connectivity index (χ0) is 14.4. The number of rotatable bonds is 3. The lowest BCUT2D eigenvalue weighted by atomic mass is 9.89. The number of benzene rings is 2. The van der Waals surface area contributed by atoms with Crippen molar-refractivity contribution < 1.29 is 0 Å². The van der Waals surface area contributed by atoms with E-state index < -0.39 is 5.92 Å². The second kappa shape index (κ2) is 6.19. The second-order valence-electron chi connectivity index (χ2n) is 4.35. The van der Waals surface area contributed by atoms with Crippen molar-refractivity contribution in [3.63, 3.8) is 0 Å². The van der Waals surface area contributed by atoms with Gasteiger partial charge in [0, 0.05) is 0 Å². The molecule has 0 saturated carbocycles. The first-order valence-electron chi connectivity index (χ1n) is 6.16. The van der Waals surface area contributed by atoms with E-state index in [4.69, 9.17) is 10.5 Å². The minimum atomic E-state index is -0.430. The van der Waals surface area contributed by atoms with Gasteiger partial charge in [0.1, 0.15) is 0 Å². The molecular weight excluding hydrogens is 246 g/mol. The van der Waals surface area contributed by atoms with Crippen LogP contribution in [0.25, 0.3) is 0 Å². The van der Waals surface area contributed by atoms with E-state index in [9.17, 15) is 5.26 Å². The Labute approximate surface area is 117 Å². The first-order chi connectivity index (χ1) is 9.80. The maximum absolute atomic E-state index is 9.38. The second-order valence-corrected chi connectivity index (χ2v) is 4.35. The number of nitriles is 3. The van der Waals surface area contributed by atoms with Crippen molar-refractivity contribution in [2.45, 2.75) is 12.3 Å². The summed E-state index contributed by atoms with van der Waals surface area (Å²) in [6.45, 7) is 0. The molecule has 0 N–H and O–H groups in total. The van der Waals surface area contributed by atoms with Crippen LogP contribution in [-0.4, -0.2) is 0 Å². The molecule has 2 aromatic rings. The lowest BCUT2D eigenvalue weighted by Crippen LogP contribution is -2.04. The fraction of sp³-hybridized carbons (Fsp3) is 0.118. The summed E-state index contributed by atoms with van der Waals surface area (Å²) < 4.78 is 0. The van der Waals surface area contributed by atoms with Gasteiger partial charge in [0.05, 0.1) is 35.3 Å². The van der Waals surface area contributed by atoms with Crippen LogP contribution >= 0.6 is 0 Å². The monoisotopic (exact) mass is 257 g/mol. The Bertz CT molecular complexity index is 742. The standard InChI is InChI=1S/C17H11N3/c18-10-14-6-2-1-5-13(14)9-16(12-20)17-8-4-3-7-15(17)11-19/h1-8,16H,9H2/t16-/m0/s1. The van der Waals surface area contributed by atoms with Crippen molar-refractivity contribution in [2.75, 3.05) is 0 Å². The molecule has 0 aromatic heterocycles. The molecule has 0 fully saturated rings. The molecule has 0 amide bonds. The summed E-state index contributed by atoms with van der Waals surface area (Å²) in [6, 6.07) is 20.8. The average molecular weight is 257 g/mol. The van der Waals surface area contributed by atoms with E-state index in [1.165, 1.54) is 0 Å². The van der Waals surface area contributed by atoms with Crippen LogP contribution < -0.4 is 0 Å². The quantitative estimate of drug-likeness (QED) is 0.847. The van der Waals surface area contributed by atoms with Crippen LogP contribution in [0.15, 0.2) is 48.5 Å². The normalized spacial score (nSPS) is 10.8. The number of nitrogens with zero attached hydrogens (tertiary/aromatic N) is 3. The lowest BCUT2D eigenvalue weighted by Gasteiger charge is -2.12. The number of hydrogen-bond donors (Lipinski definition) is 0. The Hall–Kier alpha value is -3.09. The van der Waals surface area contributed by atoms with Crippen LogP contribution in [0.4, 0.5) is 0 Å². The minimum Gasteiger partial charge on any atom is -0.198 e. The first-order valence-corrected chi connectivity index (χ1v) is 6.16. The van der Waals surface area contributed by atoms with E-state index in [0.29, 0.717) is 23.1 Å². The Balaban J connectivity index is 2.38. The van der Waals surface area contributed by atoms with Gasteiger partial charge in [-0.3, -0.25) is 0 Å². The minimum absolute atomic E-state index is 0.429. The molecule has 0 spiro atoms. The third kappa shape index (κ3) is 2.66. The van der Waals surface area contributed by atoms with Crippen molar-refractivity contribution in [3.8, 4) is 18.2 Å². The molecule has 0 radical (unpaired) electrons. The van der Waals surface area contributed by atoms with Crippen LogP contribution in [0, 0.1) is 34.0 Å². The maximum atomic E-state index is 9.38. The molecule has 0 unspecified atom stereocenters. The van der Waals surface area contributed by atoms with Crippen molar-refractivity contribution in [2.24, 2.45) is 0 Å². The van der Waals surface area contributed by atoms with E-state index in [0.717, 1.165) is 5.56 Å². The van der Waals surface area contributed by atoms with Gasteiger partial charge in [-0.2, -0.15) is 15.8 Å². The topological polar surface area (TPSA) is 71.4 Å².